The van der Waals surface area contributed by atoms with E-state index in [4.69, 9.17) is 4.74 Å². The summed E-state index contributed by atoms with van der Waals surface area (Å²) >= 11 is 0. The second-order valence-corrected chi connectivity index (χ2v) is 5.11. The Morgan fingerprint density at radius 3 is 2.80 bits per heavy atom. The van der Waals surface area contributed by atoms with Gasteiger partial charge in [0.15, 0.2) is 0 Å². The molecule has 2 aliphatic heterocycles. The molecular formula is C12H24N2O. The molecule has 0 amide bonds. The van der Waals surface area contributed by atoms with Crippen LogP contribution in [0.25, 0.3) is 0 Å². The molecule has 0 spiro atoms. The van der Waals surface area contributed by atoms with E-state index < -0.39 is 0 Å². The Morgan fingerprint density at radius 1 is 1.40 bits per heavy atom. The Balaban J connectivity index is 1.95. The minimum Gasteiger partial charge on any atom is -0.381 e. The molecule has 0 aliphatic carbocycles. The highest BCUT2D eigenvalue weighted by Crippen LogP contribution is 2.28. The van der Waals surface area contributed by atoms with Gasteiger partial charge in [-0.2, -0.15) is 0 Å². The van der Waals surface area contributed by atoms with Gasteiger partial charge in [-0.3, -0.25) is 4.90 Å². The molecule has 3 nitrogen and oxygen atoms in total. The fourth-order valence-corrected chi connectivity index (χ4v) is 2.72. The third-order valence-corrected chi connectivity index (χ3v) is 4.08. The van der Waals surface area contributed by atoms with Crippen LogP contribution in [0.5, 0.6) is 0 Å². The third kappa shape index (κ3) is 2.52. The van der Waals surface area contributed by atoms with Crippen LogP contribution < -0.4 is 5.32 Å². The van der Waals surface area contributed by atoms with Gasteiger partial charge < -0.3 is 10.1 Å². The van der Waals surface area contributed by atoms with Crippen molar-refractivity contribution in [1.29, 1.82) is 0 Å². The average molecular weight is 212 g/mol. The zero-order chi connectivity index (χ0) is 10.7. The van der Waals surface area contributed by atoms with Gasteiger partial charge in [0.25, 0.3) is 0 Å². The van der Waals surface area contributed by atoms with Crippen LogP contribution in [0, 0.1) is 0 Å². The number of ether oxygens (including phenoxy) is 1. The quantitative estimate of drug-likeness (QED) is 0.745. The first-order valence-corrected chi connectivity index (χ1v) is 6.31. The van der Waals surface area contributed by atoms with Crippen LogP contribution in [0.15, 0.2) is 0 Å². The van der Waals surface area contributed by atoms with E-state index in [0.717, 1.165) is 19.8 Å². The van der Waals surface area contributed by atoms with Crippen LogP contribution in [0.1, 0.15) is 33.1 Å². The average Bonchev–Trinajstić information content (AvgIpc) is 2.30. The van der Waals surface area contributed by atoms with Crippen LogP contribution in [-0.4, -0.2) is 49.3 Å². The van der Waals surface area contributed by atoms with Crippen molar-refractivity contribution in [3.05, 3.63) is 0 Å². The van der Waals surface area contributed by atoms with Gasteiger partial charge in [-0.15, -0.1) is 0 Å². The van der Waals surface area contributed by atoms with Crippen LogP contribution >= 0.6 is 0 Å². The molecule has 0 aromatic carbocycles. The summed E-state index contributed by atoms with van der Waals surface area (Å²) in [6, 6.07) is 0.693. The van der Waals surface area contributed by atoms with E-state index in [2.05, 4.69) is 24.1 Å². The lowest BCUT2D eigenvalue weighted by molar-refractivity contribution is -0.0301. The first kappa shape index (κ1) is 11.4. The smallest absolute Gasteiger partial charge is 0.0483 e. The normalized spacial score (nSPS) is 32.8. The Bertz CT molecular complexity index is 202. The maximum atomic E-state index is 5.47. The molecule has 0 bridgehead atoms. The first-order valence-electron chi connectivity index (χ1n) is 6.31. The van der Waals surface area contributed by atoms with Crippen molar-refractivity contribution in [2.75, 3.05) is 32.8 Å². The van der Waals surface area contributed by atoms with Crippen LogP contribution in [0.3, 0.4) is 0 Å². The van der Waals surface area contributed by atoms with Gasteiger partial charge in [-0.25, -0.2) is 0 Å². The number of hydrogen-bond acceptors (Lipinski definition) is 3. The van der Waals surface area contributed by atoms with E-state index in [9.17, 15) is 0 Å². The van der Waals surface area contributed by atoms with Gasteiger partial charge in [0, 0.05) is 44.4 Å². The van der Waals surface area contributed by atoms with E-state index in [1.165, 1.54) is 32.4 Å². The van der Waals surface area contributed by atoms with Gasteiger partial charge in [-0.1, -0.05) is 6.92 Å². The Hall–Kier alpha value is -0.120. The molecule has 0 saturated carbocycles. The summed E-state index contributed by atoms with van der Waals surface area (Å²) in [5, 5.41) is 3.58. The Labute approximate surface area is 93.2 Å². The third-order valence-electron chi connectivity index (χ3n) is 4.08. The van der Waals surface area contributed by atoms with Gasteiger partial charge >= 0.3 is 0 Å². The molecule has 2 rings (SSSR count). The van der Waals surface area contributed by atoms with Gasteiger partial charge in [0.05, 0.1) is 0 Å². The molecule has 0 aromatic rings. The van der Waals surface area contributed by atoms with Crippen LogP contribution in [0.2, 0.25) is 0 Å². The molecule has 0 radical (unpaired) electrons. The van der Waals surface area contributed by atoms with Gasteiger partial charge in [0.2, 0.25) is 0 Å². The molecule has 1 N–H and O–H groups in total. The predicted octanol–water partition coefficient (Wildman–Crippen LogP) is 1.24. The summed E-state index contributed by atoms with van der Waals surface area (Å²) in [5.74, 6) is 0. The molecule has 2 heterocycles. The molecule has 0 aromatic heterocycles. The molecule has 2 saturated heterocycles. The second kappa shape index (κ2) is 4.81. The highest BCUT2D eigenvalue weighted by molar-refractivity contribution is 4.92. The van der Waals surface area contributed by atoms with E-state index >= 15 is 0 Å². The van der Waals surface area contributed by atoms with Crippen LogP contribution in [-0.2, 0) is 4.74 Å². The van der Waals surface area contributed by atoms with Crippen molar-refractivity contribution in [3.63, 3.8) is 0 Å². The summed E-state index contributed by atoms with van der Waals surface area (Å²) in [6.45, 7) is 10.1. The highest BCUT2D eigenvalue weighted by Gasteiger charge is 2.35. The Kier molecular flexibility index (Phi) is 3.65. The lowest BCUT2D eigenvalue weighted by Gasteiger charge is -2.47. The second-order valence-electron chi connectivity index (χ2n) is 5.11. The molecule has 88 valence electrons. The molecule has 2 fully saturated rings. The maximum Gasteiger partial charge on any atom is 0.0483 e. The molecular weight excluding hydrogens is 188 g/mol. The molecule has 1 atom stereocenters. The van der Waals surface area contributed by atoms with E-state index in [-0.39, 0.29) is 0 Å². The van der Waals surface area contributed by atoms with Crippen molar-refractivity contribution < 1.29 is 4.74 Å². The minimum atomic E-state index is 0.397. The SMILES string of the molecule is CCC1CN(C2(C)CCOCC2)CCN1. The van der Waals surface area contributed by atoms with Gasteiger partial charge in [-0.05, 0) is 26.2 Å². The molecule has 1 unspecified atom stereocenters. The minimum absolute atomic E-state index is 0.397. The lowest BCUT2D eigenvalue weighted by atomic mass is 9.89. The van der Waals surface area contributed by atoms with Crippen molar-refractivity contribution in [3.8, 4) is 0 Å². The summed E-state index contributed by atoms with van der Waals surface area (Å²) < 4.78 is 5.47. The molecule has 2 aliphatic rings. The maximum absolute atomic E-state index is 5.47. The van der Waals surface area contributed by atoms with E-state index in [0.29, 0.717) is 11.6 Å². The standard InChI is InChI=1S/C12H24N2O/c1-3-11-10-14(7-6-13-11)12(2)4-8-15-9-5-12/h11,13H,3-10H2,1-2H3. The van der Waals surface area contributed by atoms with Crippen LogP contribution in [0.4, 0.5) is 0 Å². The zero-order valence-electron chi connectivity index (χ0n) is 10.1. The fourth-order valence-electron chi connectivity index (χ4n) is 2.72. The summed E-state index contributed by atoms with van der Waals surface area (Å²) in [5.41, 5.74) is 0.397. The van der Waals surface area contributed by atoms with Gasteiger partial charge in [0.1, 0.15) is 0 Å². The van der Waals surface area contributed by atoms with Crippen molar-refractivity contribution >= 4 is 0 Å². The number of hydrogen-bond donors (Lipinski definition) is 1. The molecule has 3 heteroatoms. The Morgan fingerprint density at radius 2 is 2.13 bits per heavy atom. The topological polar surface area (TPSA) is 24.5 Å². The number of piperazine rings is 1. The van der Waals surface area contributed by atoms with Crippen molar-refractivity contribution in [1.82, 2.24) is 10.2 Å². The molecule has 15 heavy (non-hydrogen) atoms. The summed E-state index contributed by atoms with van der Waals surface area (Å²) in [4.78, 5) is 2.68. The van der Waals surface area contributed by atoms with Crippen molar-refractivity contribution in [2.45, 2.75) is 44.7 Å². The number of nitrogens with zero attached hydrogens (tertiary/aromatic N) is 1. The van der Waals surface area contributed by atoms with E-state index in [1.54, 1.807) is 0 Å². The van der Waals surface area contributed by atoms with Crippen molar-refractivity contribution in [2.24, 2.45) is 0 Å². The summed E-state index contributed by atoms with van der Waals surface area (Å²) in [6.07, 6.45) is 3.63. The zero-order valence-corrected chi connectivity index (χ0v) is 10.1. The summed E-state index contributed by atoms with van der Waals surface area (Å²) in [7, 11) is 0. The number of rotatable bonds is 2. The first-order chi connectivity index (χ1) is 7.24. The number of nitrogens with one attached hydrogen (secondary N) is 1. The largest absolute Gasteiger partial charge is 0.381 e. The lowest BCUT2D eigenvalue weighted by Crippen LogP contribution is -2.59. The fraction of sp³-hybridized carbons (Fsp3) is 1.00. The van der Waals surface area contributed by atoms with E-state index in [1.807, 2.05) is 0 Å². The predicted molar refractivity (Wildman–Crippen MR) is 62.1 cm³/mol. The highest BCUT2D eigenvalue weighted by atomic mass is 16.5. The monoisotopic (exact) mass is 212 g/mol.